The van der Waals surface area contributed by atoms with E-state index in [2.05, 4.69) is 48.5 Å². The molecule has 0 fully saturated rings. The van der Waals surface area contributed by atoms with E-state index < -0.39 is 39.6 Å². The second kappa shape index (κ2) is 17.4. The number of carbonyl (C=O) groups is 2. The molecule has 238 valence electrons. The second-order valence-electron chi connectivity index (χ2n) is 10.9. The Morgan fingerprint density at radius 3 is 0.957 bits per heavy atom. The molecule has 0 amide bonds. The number of rotatable bonds is 10. The first-order valence-corrected chi connectivity index (χ1v) is 18.2. The van der Waals surface area contributed by atoms with Crippen molar-refractivity contribution in [2.24, 2.45) is 11.8 Å². The van der Waals surface area contributed by atoms with Gasteiger partial charge in [-0.1, -0.05) is 171 Å². The van der Waals surface area contributed by atoms with Gasteiger partial charge in [0.2, 0.25) is 0 Å². The van der Waals surface area contributed by atoms with E-state index in [1.807, 2.05) is 111 Å². The van der Waals surface area contributed by atoms with E-state index in [4.69, 9.17) is 0 Å². The first kappa shape index (κ1) is 36.0. The van der Waals surface area contributed by atoms with Gasteiger partial charge in [0.1, 0.15) is 0 Å². The van der Waals surface area contributed by atoms with Gasteiger partial charge in [0.15, 0.2) is 0 Å². The van der Waals surface area contributed by atoms with Crippen molar-refractivity contribution in [3.63, 3.8) is 0 Å². The monoisotopic (exact) mass is 698 g/mol. The molecular formula is C40H36FeO4P2. The zero-order valence-electron chi connectivity index (χ0n) is 26.3. The van der Waals surface area contributed by atoms with Crippen molar-refractivity contribution in [3.8, 4) is 0 Å². The van der Waals surface area contributed by atoms with Gasteiger partial charge in [-0.25, -0.2) is 0 Å². The number of carbonyl (C=O) groups excluding carboxylic acids is 2. The molecule has 6 rings (SSSR count). The quantitative estimate of drug-likeness (QED) is 0.164. The van der Waals surface area contributed by atoms with Crippen molar-refractivity contribution in [2.45, 2.75) is 26.7 Å². The summed E-state index contributed by atoms with van der Waals surface area (Å²) in [6.07, 6.45) is 9.35. The standard InChI is InChI=1S/2C20H19O2P.Fe/c2*1-2-15-13-14-18(19(15)20(21)22)23(16-9-5-3-6-10-16)17-11-7-4-8-12-17;/h2*3-14,19H,2H2,1H3,(H,21,22);/q;;+2/p-2. The van der Waals surface area contributed by atoms with E-state index in [0.717, 1.165) is 55.8 Å². The zero-order chi connectivity index (χ0) is 32.5. The van der Waals surface area contributed by atoms with Gasteiger partial charge in [-0.3, -0.25) is 0 Å². The molecule has 2 aliphatic carbocycles. The van der Waals surface area contributed by atoms with Crippen LogP contribution in [0.5, 0.6) is 0 Å². The maximum atomic E-state index is 11.8. The summed E-state index contributed by atoms with van der Waals surface area (Å²) in [7, 11) is -1.74. The van der Waals surface area contributed by atoms with Crippen LogP contribution >= 0.6 is 15.8 Å². The number of carboxylic acid groups (broad SMARTS) is 2. The van der Waals surface area contributed by atoms with Crippen molar-refractivity contribution >= 4 is 49.0 Å². The van der Waals surface area contributed by atoms with Gasteiger partial charge >= 0.3 is 17.1 Å². The van der Waals surface area contributed by atoms with Gasteiger partial charge < -0.3 is 19.8 Å². The maximum absolute atomic E-state index is 11.8. The normalized spacial score (nSPS) is 16.7. The van der Waals surface area contributed by atoms with Crippen LogP contribution in [0.25, 0.3) is 0 Å². The summed E-state index contributed by atoms with van der Waals surface area (Å²) in [5.41, 5.74) is 1.86. The van der Waals surface area contributed by atoms with E-state index >= 15 is 0 Å². The van der Waals surface area contributed by atoms with Crippen LogP contribution in [0.2, 0.25) is 0 Å². The van der Waals surface area contributed by atoms with Gasteiger partial charge in [0.05, 0.1) is 11.9 Å². The van der Waals surface area contributed by atoms with Crippen LogP contribution in [0.3, 0.4) is 0 Å². The molecule has 2 unspecified atom stereocenters. The fourth-order valence-electron chi connectivity index (χ4n) is 5.95. The summed E-state index contributed by atoms with van der Waals surface area (Å²) in [6.45, 7) is 3.98. The molecule has 47 heavy (non-hydrogen) atoms. The fraction of sp³-hybridized carbons (Fsp3) is 0.150. The summed E-state index contributed by atoms with van der Waals surface area (Å²) in [5.74, 6) is -3.21. The molecule has 2 atom stereocenters. The smallest absolute Gasteiger partial charge is 0.549 e. The SMILES string of the molecule is CCC1=CC=C(P(c2ccccc2)c2ccccc2)C1C(=O)[O-].CCC1=CC=C(P(c2ccccc2)c2ccccc2)C1C(=O)[O-].[Fe+2]. The molecule has 2 aliphatic rings. The summed E-state index contributed by atoms with van der Waals surface area (Å²) in [5, 5.41) is 30.1. The summed E-state index contributed by atoms with van der Waals surface area (Å²) < 4.78 is 0. The predicted octanol–water partition coefficient (Wildman–Crippen LogP) is 5.44. The van der Waals surface area contributed by atoms with Crippen LogP contribution in [0.4, 0.5) is 0 Å². The third kappa shape index (κ3) is 8.36. The van der Waals surface area contributed by atoms with Gasteiger partial charge in [0.25, 0.3) is 0 Å². The van der Waals surface area contributed by atoms with E-state index in [1.165, 1.54) is 0 Å². The van der Waals surface area contributed by atoms with Crippen molar-refractivity contribution < 1.29 is 36.9 Å². The molecular weight excluding hydrogens is 662 g/mol. The van der Waals surface area contributed by atoms with Crippen molar-refractivity contribution in [1.82, 2.24) is 0 Å². The molecule has 4 nitrogen and oxygen atoms in total. The number of aliphatic carboxylic acids is 2. The van der Waals surface area contributed by atoms with Crippen LogP contribution in [0, 0.1) is 11.8 Å². The van der Waals surface area contributed by atoms with E-state index in [9.17, 15) is 19.8 Å². The van der Waals surface area contributed by atoms with Gasteiger partial charge in [-0.15, -0.1) is 0 Å². The van der Waals surface area contributed by atoms with Gasteiger partial charge in [0, 0.05) is 11.8 Å². The van der Waals surface area contributed by atoms with Crippen LogP contribution in [-0.4, -0.2) is 11.9 Å². The molecule has 0 bridgehead atoms. The molecule has 0 saturated carbocycles. The molecule has 0 aliphatic heterocycles. The minimum absolute atomic E-state index is 0. The van der Waals surface area contributed by atoms with Crippen LogP contribution in [-0.2, 0) is 26.7 Å². The van der Waals surface area contributed by atoms with Crippen LogP contribution in [0.1, 0.15) is 26.7 Å². The average Bonchev–Trinajstić information content (AvgIpc) is 3.72. The molecule has 7 heteroatoms. The minimum Gasteiger partial charge on any atom is -0.549 e. The molecule has 0 saturated heterocycles. The Labute approximate surface area is 290 Å². The molecule has 4 aromatic carbocycles. The number of hydrogen-bond donors (Lipinski definition) is 0. The molecule has 0 radical (unpaired) electrons. The Hall–Kier alpha value is -3.84. The molecule has 0 spiro atoms. The summed E-state index contributed by atoms with van der Waals surface area (Å²) >= 11 is 0. The van der Waals surface area contributed by atoms with E-state index in [-0.39, 0.29) is 17.1 Å². The number of hydrogen-bond acceptors (Lipinski definition) is 4. The Kier molecular flexibility index (Phi) is 13.3. The Morgan fingerprint density at radius 2 is 0.745 bits per heavy atom. The first-order valence-electron chi connectivity index (χ1n) is 15.5. The van der Waals surface area contributed by atoms with E-state index in [1.54, 1.807) is 0 Å². The van der Waals surface area contributed by atoms with Crippen LogP contribution in [0.15, 0.2) is 167 Å². The number of carboxylic acids is 2. The third-order valence-corrected chi connectivity index (χ3v) is 13.2. The maximum Gasteiger partial charge on any atom is 2.00 e. The summed E-state index contributed by atoms with van der Waals surface area (Å²) in [6, 6.07) is 40.6. The van der Waals surface area contributed by atoms with Crippen molar-refractivity contribution in [3.05, 3.63) is 167 Å². The molecule has 0 aromatic heterocycles. The van der Waals surface area contributed by atoms with Crippen LogP contribution < -0.4 is 31.4 Å². The summed E-state index contributed by atoms with van der Waals surface area (Å²) in [4.78, 5) is 23.5. The largest absolute Gasteiger partial charge is 2.00 e. The second-order valence-corrected chi connectivity index (χ2v) is 15.3. The predicted molar refractivity (Wildman–Crippen MR) is 188 cm³/mol. The van der Waals surface area contributed by atoms with Crippen molar-refractivity contribution in [1.29, 1.82) is 0 Å². The van der Waals surface area contributed by atoms with Gasteiger partial charge in [-0.05, 0) is 60.5 Å². The molecule has 0 N–H and O–H groups in total. The Morgan fingerprint density at radius 1 is 0.489 bits per heavy atom. The topological polar surface area (TPSA) is 80.3 Å². The third-order valence-electron chi connectivity index (χ3n) is 8.13. The van der Waals surface area contributed by atoms with Crippen molar-refractivity contribution in [2.75, 3.05) is 0 Å². The minimum atomic E-state index is -0.999. The van der Waals surface area contributed by atoms with E-state index in [0.29, 0.717) is 0 Å². The zero-order valence-corrected chi connectivity index (χ0v) is 29.2. The Balaban J connectivity index is 0.000000208. The first-order chi connectivity index (χ1) is 22.4. The number of benzene rings is 4. The molecule has 4 aromatic rings. The fourth-order valence-corrected chi connectivity index (χ4v) is 11.1. The Bertz CT molecular complexity index is 1560. The average molecular weight is 699 g/mol. The molecule has 0 heterocycles. The van der Waals surface area contributed by atoms with Gasteiger partial charge in [-0.2, -0.15) is 0 Å². The number of allylic oxidation sites excluding steroid dienone is 4.